The van der Waals surface area contributed by atoms with Crippen LogP contribution in [0.5, 0.6) is 0 Å². The van der Waals surface area contributed by atoms with E-state index in [0.29, 0.717) is 0 Å². The third-order valence-electron chi connectivity index (χ3n) is 2.48. The second-order valence-corrected chi connectivity index (χ2v) is 5.74. The van der Waals surface area contributed by atoms with Crippen LogP contribution in [0.2, 0.25) is 0 Å². The third kappa shape index (κ3) is 5.15. The lowest BCUT2D eigenvalue weighted by atomic mass is 10.5. The molecule has 0 aromatic carbocycles. The Hall–Kier alpha value is -1.15. The normalized spacial score (nSPS) is 16.1. The lowest BCUT2D eigenvalue weighted by Crippen LogP contribution is -2.48. The molecule has 7 nitrogen and oxygen atoms in total. The number of hydrogen-bond donors (Lipinski definition) is 0. The first-order valence-corrected chi connectivity index (χ1v) is 7.15. The number of ether oxygens (including phenoxy) is 2. The molecule has 19 heavy (non-hydrogen) atoms. The van der Waals surface area contributed by atoms with Gasteiger partial charge in [-0.25, -0.2) is 14.5 Å². The number of rotatable bonds is 3. The molecule has 0 N–H and O–H groups in total. The van der Waals surface area contributed by atoms with Gasteiger partial charge in [0.05, 0.1) is 0 Å². The summed E-state index contributed by atoms with van der Waals surface area (Å²) < 4.78 is 10.4. The lowest BCUT2D eigenvalue weighted by molar-refractivity contribution is -0.163. The smallest absolute Gasteiger partial charge is 0.394 e. The van der Waals surface area contributed by atoms with Gasteiger partial charge in [0.2, 0.25) is 0 Å². The van der Waals surface area contributed by atoms with Crippen molar-refractivity contribution < 1.29 is 19.1 Å². The first-order valence-electron chi connectivity index (χ1n) is 5.99. The summed E-state index contributed by atoms with van der Waals surface area (Å²) in [4.78, 5) is 27.7. The Kier molecular flexibility index (Phi) is 6.23. The van der Waals surface area contributed by atoms with Crippen molar-refractivity contribution in [1.29, 1.82) is 0 Å². The molecule has 1 aliphatic heterocycles. The van der Waals surface area contributed by atoms with Crippen LogP contribution in [-0.2, 0) is 9.47 Å². The van der Waals surface area contributed by atoms with E-state index in [0.717, 1.165) is 24.6 Å². The van der Waals surface area contributed by atoms with Crippen LogP contribution < -0.4 is 0 Å². The number of hydrogen-bond acceptors (Lipinski definition) is 6. The highest BCUT2D eigenvalue weighted by atomic mass is 32.2. The highest BCUT2D eigenvalue weighted by molar-refractivity contribution is 7.99. The number of nitrogens with zero attached hydrogens (tertiary/aromatic N) is 3. The second-order valence-electron chi connectivity index (χ2n) is 4.51. The molecule has 1 aliphatic rings. The van der Waals surface area contributed by atoms with Gasteiger partial charge < -0.3 is 19.3 Å². The van der Waals surface area contributed by atoms with Crippen molar-refractivity contribution in [3.63, 3.8) is 0 Å². The van der Waals surface area contributed by atoms with Crippen LogP contribution in [0.25, 0.3) is 0 Å². The molecule has 0 unspecified atom stereocenters. The summed E-state index contributed by atoms with van der Waals surface area (Å²) in [6, 6.07) is 0. The van der Waals surface area contributed by atoms with Gasteiger partial charge in [-0.05, 0) is 0 Å². The molecule has 0 aromatic rings. The van der Waals surface area contributed by atoms with Crippen LogP contribution in [0.15, 0.2) is 0 Å². The van der Waals surface area contributed by atoms with Gasteiger partial charge in [0.25, 0.3) is 0 Å². The van der Waals surface area contributed by atoms with E-state index >= 15 is 0 Å². The van der Waals surface area contributed by atoms with E-state index in [2.05, 4.69) is 0 Å². The predicted octanol–water partition coefficient (Wildman–Crippen LogP) is 0.715. The largest absolute Gasteiger partial charge is 0.413 e. The summed E-state index contributed by atoms with van der Waals surface area (Å²) in [5.74, 6) is 1.85. The van der Waals surface area contributed by atoms with Crippen LogP contribution in [0.1, 0.15) is 0 Å². The summed E-state index contributed by atoms with van der Waals surface area (Å²) in [5, 5.41) is 0. The first-order chi connectivity index (χ1) is 8.91. The van der Waals surface area contributed by atoms with Gasteiger partial charge in [-0.2, -0.15) is 11.8 Å². The molecule has 0 bridgehead atoms. The molecule has 1 saturated heterocycles. The molecule has 0 aliphatic carbocycles. The minimum atomic E-state index is -0.967. The predicted molar refractivity (Wildman–Crippen MR) is 73.0 cm³/mol. The Morgan fingerprint density at radius 2 is 1.42 bits per heavy atom. The van der Waals surface area contributed by atoms with E-state index in [1.807, 2.05) is 16.7 Å². The van der Waals surface area contributed by atoms with E-state index in [1.165, 1.54) is 9.80 Å². The average Bonchev–Trinajstić information content (AvgIpc) is 2.38. The standard InChI is InChI=1S/C11H21N3O4S/c1-12(2)9(15)17-11(18-10(16)13(3)4)14-5-7-19-8-6-14/h11H,5-8H2,1-4H3. The van der Waals surface area contributed by atoms with Gasteiger partial charge >= 0.3 is 18.6 Å². The maximum absolute atomic E-state index is 11.6. The fourth-order valence-corrected chi connectivity index (χ4v) is 2.28. The molecular formula is C11H21N3O4S. The summed E-state index contributed by atoms with van der Waals surface area (Å²) in [5.41, 5.74) is 0. The molecule has 8 heteroatoms. The van der Waals surface area contributed by atoms with Crippen LogP contribution >= 0.6 is 11.8 Å². The SMILES string of the molecule is CN(C)C(=O)OC(OC(=O)N(C)C)N1CCSCC1. The Morgan fingerprint density at radius 1 is 1.00 bits per heavy atom. The van der Waals surface area contributed by atoms with Crippen LogP contribution in [0.3, 0.4) is 0 Å². The summed E-state index contributed by atoms with van der Waals surface area (Å²) in [6.45, 7) is 1.44. The Balaban J connectivity index is 2.66. The molecule has 0 aromatic heterocycles. The van der Waals surface area contributed by atoms with Crippen molar-refractivity contribution >= 4 is 23.9 Å². The Bertz CT molecular complexity index is 297. The summed E-state index contributed by atoms with van der Waals surface area (Å²) in [7, 11) is 6.33. The third-order valence-corrected chi connectivity index (χ3v) is 3.42. The van der Waals surface area contributed by atoms with Gasteiger partial charge in [0, 0.05) is 52.8 Å². The second kappa shape index (κ2) is 7.44. The zero-order valence-electron chi connectivity index (χ0n) is 11.8. The van der Waals surface area contributed by atoms with Crippen molar-refractivity contribution in [2.75, 3.05) is 52.8 Å². The van der Waals surface area contributed by atoms with Gasteiger partial charge in [0.15, 0.2) is 0 Å². The van der Waals surface area contributed by atoms with Gasteiger partial charge in [0.1, 0.15) is 0 Å². The highest BCUT2D eigenvalue weighted by Gasteiger charge is 2.29. The van der Waals surface area contributed by atoms with Crippen molar-refractivity contribution in [1.82, 2.24) is 14.7 Å². The maximum Gasteiger partial charge on any atom is 0.413 e. The zero-order chi connectivity index (χ0) is 14.4. The van der Waals surface area contributed by atoms with Crippen molar-refractivity contribution in [3.8, 4) is 0 Å². The molecule has 1 fully saturated rings. The monoisotopic (exact) mass is 291 g/mol. The van der Waals surface area contributed by atoms with E-state index in [-0.39, 0.29) is 0 Å². The zero-order valence-corrected chi connectivity index (χ0v) is 12.6. The summed E-state index contributed by atoms with van der Waals surface area (Å²) >= 11 is 1.82. The van der Waals surface area contributed by atoms with Gasteiger partial charge in [-0.3, -0.25) is 0 Å². The molecular weight excluding hydrogens is 270 g/mol. The highest BCUT2D eigenvalue weighted by Crippen LogP contribution is 2.15. The Labute approximate surface area is 117 Å². The fourth-order valence-electron chi connectivity index (χ4n) is 1.34. The van der Waals surface area contributed by atoms with Gasteiger partial charge in [-0.1, -0.05) is 0 Å². The van der Waals surface area contributed by atoms with Crippen LogP contribution in [-0.4, -0.2) is 86.1 Å². The van der Waals surface area contributed by atoms with Gasteiger partial charge in [-0.15, -0.1) is 0 Å². The van der Waals surface area contributed by atoms with Crippen molar-refractivity contribution in [2.24, 2.45) is 0 Å². The van der Waals surface area contributed by atoms with E-state index in [9.17, 15) is 9.59 Å². The number of thioether (sulfide) groups is 1. The maximum atomic E-state index is 11.6. The van der Waals surface area contributed by atoms with E-state index < -0.39 is 18.6 Å². The molecule has 1 rings (SSSR count). The molecule has 0 atom stereocenters. The topological polar surface area (TPSA) is 62.3 Å². The van der Waals surface area contributed by atoms with Crippen molar-refractivity contribution in [2.45, 2.75) is 6.41 Å². The quantitative estimate of drug-likeness (QED) is 0.714. The average molecular weight is 291 g/mol. The molecule has 110 valence electrons. The first kappa shape index (κ1) is 15.9. The number of amides is 2. The minimum Gasteiger partial charge on any atom is -0.394 e. The molecule has 2 amide bonds. The lowest BCUT2D eigenvalue weighted by Gasteiger charge is -2.33. The van der Waals surface area contributed by atoms with Crippen LogP contribution in [0, 0.1) is 0 Å². The molecule has 1 heterocycles. The van der Waals surface area contributed by atoms with Crippen molar-refractivity contribution in [3.05, 3.63) is 0 Å². The molecule has 0 saturated carbocycles. The number of carbonyl (C=O) groups excluding carboxylic acids is 2. The molecule has 0 spiro atoms. The Morgan fingerprint density at radius 3 is 1.79 bits per heavy atom. The van der Waals surface area contributed by atoms with E-state index in [1.54, 1.807) is 28.2 Å². The van der Waals surface area contributed by atoms with Crippen LogP contribution in [0.4, 0.5) is 9.59 Å². The minimum absolute atomic E-state index is 0.533. The van der Waals surface area contributed by atoms with E-state index in [4.69, 9.17) is 9.47 Å². The molecule has 0 radical (unpaired) electrons. The fraction of sp³-hybridized carbons (Fsp3) is 0.818. The number of carbonyl (C=O) groups is 2. The summed E-state index contributed by atoms with van der Waals surface area (Å²) in [6.07, 6.45) is -2.03.